The highest BCUT2D eigenvalue weighted by molar-refractivity contribution is 6.08. The smallest absolute Gasteiger partial charge is 0.263 e. The molecule has 2 aromatic carbocycles. The molecule has 5 nitrogen and oxygen atoms in total. The lowest BCUT2D eigenvalue weighted by Gasteiger charge is -2.09. The predicted octanol–water partition coefficient (Wildman–Crippen LogP) is 2.50. The second kappa shape index (κ2) is 5.48. The fraction of sp³-hybridized carbons (Fsp3) is 0.0714. The van der Waals surface area contributed by atoms with E-state index in [2.05, 4.69) is 5.32 Å². The molecule has 0 spiro atoms. The van der Waals surface area contributed by atoms with E-state index in [0.717, 1.165) is 6.07 Å². The van der Waals surface area contributed by atoms with Gasteiger partial charge in [-0.15, -0.1) is 0 Å². The Morgan fingerprint density at radius 2 is 1.85 bits per heavy atom. The molecule has 0 bridgehead atoms. The number of carbonyl (C=O) groups excluding carboxylic acids is 1. The third-order valence-electron chi connectivity index (χ3n) is 2.66. The predicted molar refractivity (Wildman–Crippen MR) is 70.7 cm³/mol. The van der Waals surface area contributed by atoms with Gasteiger partial charge in [0.2, 0.25) is 0 Å². The summed E-state index contributed by atoms with van der Waals surface area (Å²) < 4.78 is 18.2. The number of nitrogens with one attached hydrogen (secondary N) is 1. The second-order valence-corrected chi connectivity index (χ2v) is 3.97. The van der Waals surface area contributed by atoms with Gasteiger partial charge in [-0.25, -0.2) is 4.39 Å². The first-order chi connectivity index (χ1) is 9.52. The van der Waals surface area contributed by atoms with Crippen molar-refractivity contribution in [2.75, 3.05) is 12.4 Å². The highest BCUT2D eigenvalue weighted by Crippen LogP contribution is 2.28. The highest BCUT2D eigenvalue weighted by atomic mass is 19.1. The van der Waals surface area contributed by atoms with Crippen LogP contribution < -0.4 is 10.1 Å². The van der Waals surface area contributed by atoms with E-state index in [9.17, 15) is 19.4 Å². The van der Waals surface area contributed by atoms with E-state index in [-0.39, 0.29) is 28.5 Å². The van der Waals surface area contributed by atoms with E-state index < -0.39 is 11.7 Å². The van der Waals surface area contributed by atoms with Crippen LogP contribution in [0.5, 0.6) is 17.2 Å². The zero-order chi connectivity index (χ0) is 14.7. The lowest BCUT2D eigenvalue weighted by Crippen LogP contribution is -2.12. The topological polar surface area (TPSA) is 78.8 Å². The van der Waals surface area contributed by atoms with Crippen LogP contribution in [-0.4, -0.2) is 23.2 Å². The summed E-state index contributed by atoms with van der Waals surface area (Å²) in [4.78, 5) is 11.9. The summed E-state index contributed by atoms with van der Waals surface area (Å²) in [6, 6.07) is 7.81. The number of aromatic hydroxyl groups is 2. The Bertz CT molecular complexity index is 637. The number of amides is 1. The number of carbonyl (C=O) groups is 1. The first-order valence-corrected chi connectivity index (χ1v) is 5.68. The summed E-state index contributed by atoms with van der Waals surface area (Å²) in [7, 11) is 1.33. The number of phenols is 2. The highest BCUT2D eigenvalue weighted by Gasteiger charge is 2.16. The minimum Gasteiger partial charge on any atom is -0.507 e. The molecule has 0 radical (unpaired) electrons. The van der Waals surface area contributed by atoms with Crippen LogP contribution in [0, 0.1) is 5.82 Å². The zero-order valence-electron chi connectivity index (χ0n) is 10.6. The summed E-state index contributed by atoms with van der Waals surface area (Å²) in [5, 5.41) is 21.5. The van der Waals surface area contributed by atoms with Crippen LogP contribution in [0.3, 0.4) is 0 Å². The van der Waals surface area contributed by atoms with Crippen molar-refractivity contribution in [3.63, 3.8) is 0 Å². The molecule has 0 aromatic heterocycles. The van der Waals surface area contributed by atoms with Gasteiger partial charge in [0.25, 0.3) is 5.91 Å². The van der Waals surface area contributed by atoms with Crippen LogP contribution in [0.2, 0.25) is 0 Å². The molecule has 0 atom stereocenters. The molecule has 2 rings (SSSR count). The Balaban J connectivity index is 2.26. The number of hydrogen-bond donors (Lipinski definition) is 3. The molecule has 0 aliphatic rings. The maximum absolute atomic E-state index is 13.5. The van der Waals surface area contributed by atoms with Crippen molar-refractivity contribution in [1.29, 1.82) is 0 Å². The lowest BCUT2D eigenvalue weighted by molar-refractivity contribution is 0.102. The number of methoxy groups -OCH3 is 1. The van der Waals surface area contributed by atoms with Crippen molar-refractivity contribution in [3.8, 4) is 17.2 Å². The Hall–Kier alpha value is -2.76. The normalized spacial score (nSPS) is 10.1. The number of benzene rings is 2. The van der Waals surface area contributed by atoms with Crippen molar-refractivity contribution < 1.29 is 24.1 Å². The Kier molecular flexibility index (Phi) is 3.74. The van der Waals surface area contributed by atoms with E-state index in [1.165, 1.54) is 37.4 Å². The fourth-order valence-electron chi connectivity index (χ4n) is 1.70. The maximum Gasteiger partial charge on any atom is 0.263 e. The van der Waals surface area contributed by atoms with E-state index in [0.29, 0.717) is 0 Å². The molecule has 2 aromatic rings. The van der Waals surface area contributed by atoms with Crippen LogP contribution >= 0.6 is 0 Å². The van der Waals surface area contributed by atoms with Crippen molar-refractivity contribution in [2.24, 2.45) is 0 Å². The Labute approximate surface area is 114 Å². The largest absolute Gasteiger partial charge is 0.507 e. The third kappa shape index (κ3) is 2.64. The van der Waals surface area contributed by atoms with E-state index in [1.54, 1.807) is 0 Å². The quantitative estimate of drug-likeness (QED) is 0.805. The van der Waals surface area contributed by atoms with E-state index in [1.807, 2.05) is 0 Å². The molecular formula is C14H12FNO4. The van der Waals surface area contributed by atoms with Crippen LogP contribution in [0.4, 0.5) is 10.1 Å². The number of ether oxygens (including phenoxy) is 1. The van der Waals surface area contributed by atoms with Crippen molar-refractivity contribution in [2.45, 2.75) is 0 Å². The van der Waals surface area contributed by atoms with Crippen molar-refractivity contribution in [1.82, 2.24) is 0 Å². The van der Waals surface area contributed by atoms with Gasteiger partial charge < -0.3 is 20.3 Å². The summed E-state index contributed by atoms with van der Waals surface area (Å²) in [5.74, 6) is -2.06. The summed E-state index contributed by atoms with van der Waals surface area (Å²) >= 11 is 0. The number of hydrogen-bond acceptors (Lipinski definition) is 4. The standard InChI is InChI=1S/C14H12FNO4/c1-20-12-6-5-8(7-9(12)15)16-14(19)13-10(17)3-2-4-11(13)18/h2-7,17-18H,1H3,(H,16,19). The molecule has 0 heterocycles. The Morgan fingerprint density at radius 3 is 2.40 bits per heavy atom. The van der Waals surface area contributed by atoms with Gasteiger partial charge in [-0.05, 0) is 24.3 Å². The van der Waals surface area contributed by atoms with Crippen molar-refractivity contribution in [3.05, 3.63) is 47.8 Å². The molecule has 20 heavy (non-hydrogen) atoms. The molecule has 1 amide bonds. The van der Waals surface area contributed by atoms with Crippen LogP contribution in [0.15, 0.2) is 36.4 Å². The van der Waals surface area contributed by atoms with Gasteiger partial charge in [-0.1, -0.05) is 6.07 Å². The van der Waals surface area contributed by atoms with Gasteiger partial charge in [0, 0.05) is 11.8 Å². The minimum absolute atomic E-state index is 0.0494. The Morgan fingerprint density at radius 1 is 1.20 bits per heavy atom. The molecule has 0 saturated carbocycles. The fourth-order valence-corrected chi connectivity index (χ4v) is 1.70. The number of halogens is 1. The SMILES string of the molecule is COc1ccc(NC(=O)c2c(O)cccc2O)cc1F. The van der Waals surface area contributed by atoms with Crippen LogP contribution in [0.25, 0.3) is 0 Å². The summed E-state index contributed by atoms with van der Waals surface area (Å²) in [6.45, 7) is 0. The van der Waals surface area contributed by atoms with Crippen LogP contribution in [0.1, 0.15) is 10.4 Å². The van der Waals surface area contributed by atoms with Crippen molar-refractivity contribution >= 4 is 11.6 Å². The van der Waals surface area contributed by atoms with Gasteiger partial charge in [0.05, 0.1) is 7.11 Å². The molecule has 0 saturated heterocycles. The van der Waals surface area contributed by atoms with Gasteiger partial charge in [-0.2, -0.15) is 0 Å². The second-order valence-electron chi connectivity index (χ2n) is 3.97. The first-order valence-electron chi connectivity index (χ1n) is 5.68. The molecule has 0 aliphatic carbocycles. The summed E-state index contributed by atoms with van der Waals surface area (Å²) in [5.41, 5.74) is -0.0975. The third-order valence-corrected chi connectivity index (χ3v) is 2.66. The zero-order valence-corrected chi connectivity index (χ0v) is 10.6. The maximum atomic E-state index is 13.5. The average molecular weight is 277 g/mol. The van der Waals surface area contributed by atoms with E-state index >= 15 is 0 Å². The molecule has 0 fully saturated rings. The van der Waals surface area contributed by atoms with Gasteiger partial charge in [0.1, 0.15) is 17.1 Å². The summed E-state index contributed by atoms with van der Waals surface area (Å²) in [6.07, 6.45) is 0. The number of rotatable bonds is 3. The first kappa shape index (κ1) is 13.7. The monoisotopic (exact) mass is 277 g/mol. The molecular weight excluding hydrogens is 265 g/mol. The molecule has 0 unspecified atom stereocenters. The molecule has 6 heteroatoms. The van der Waals surface area contributed by atoms with Gasteiger partial charge in [0.15, 0.2) is 11.6 Å². The lowest BCUT2D eigenvalue weighted by atomic mass is 10.1. The molecule has 3 N–H and O–H groups in total. The number of phenolic OH excluding ortho intramolecular Hbond substituents is 2. The minimum atomic E-state index is -0.745. The van der Waals surface area contributed by atoms with Gasteiger partial charge >= 0.3 is 0 Å². The average Bonchev–Trinajstić information content (AvgIpc) is 2.38. The molecule has 104 valence electrons. The van der Waals surface area contributed by atoms with Crippen LogP contribution in [-0.2, 0) is 0 Å². The number of anilines is 1. The van der Waals surface area contributed by atoms with E-state index in [4.69, 9.17) is 4.74 Å². The van der Waals surface area contributed by atoms with Gasteiger partial charge in [-0.3, -0.25) is 4.79 Å². The molecule has 0 aliphatic heterocycles.